The molecule has 6 nitrogen and oxygen atoms in total. The van der Waals surface area contributed by atoms with E-state index in [1.165, 1.54) is 24.2 Å². The third kappa shape index (κ3) is 3.19. The summed E-state index contributed by atoms with van der Waals surface area (Å²) < 4.78 is 6.68. The lowest BCUT2D eigenvalue weighted by atomic mass is 10.1. The molecule has 2 aromatic heterocycles. The highest BCUT2D eigenvalue weighted by Crippen LogP contribution is 2.19. The number of thioether (sulfide) groups is 1. The molecule has 1 aromatic carbocycles. The largest absolute Gasteiger partial charge is 0.462 e. The first-order valence-electron chi connectivity index (χ1n) is 7.79. The van der Waals surface area contributed by atoms with Gasteiger partial charge in [-0.05, 0) is 37.4 Å². The molecule has 0 amide bonds. The predicted octanol–water partition coefficient (Wildman–Crippen LogP) is 2.66. The number of nitrogens with zero attached hydrogens (tertiary/aromatic N) is 3. The molecular weight excluding hydrogens is 350 g/mol. The van der Waals surface area contributed by atoms with Crippen molar-refractivity contribution in [1.29, 1.82) is 0 Å². The summed E-state index contributed by atoms with van der Waals surface area (Å²) in [4.78, 5) is 33.5. The van der Waals surface area contributed by atoms with Crippen LogP contribution in [0.5, 0.6) is 0 Å². The molecule has 0 atom stereocenters. The third-order valence-corrected chi connectivity index (χ3v) is 4.27. The van der Waals surface area contributed by atoms with Gasteiger partial charge in [0, 0.05) is 23.6 Å². The molecule has 7 heteroatoms. The molecule has 0 bridgehead atoms. The SMILES string of the molecule is C#Cc1ccc(-n2cc(C(=O)OCC)c(=O)c3cnc(SC)nc32)cc1. The molecule has 26 heavy (non-hydrogen) atoms. The van der Waals surface area contributed by atoms with Crippen LogP contribution in [0.2, 0.25) is 0 Å². The summed E-state index contributed by atoms with van der Waals surface area (Å²) in [5.41, 5.74) is 1.33. The van der Waals surface area contributed by atoms with Gasteiger partial charge in [-0.15, -0.1) is 6.42 Å². The quantitative estimate of drug-likeness (QED) is 0.306. The summed E-state index contributed by atoms with van der Waals surface area (Å²) in [5, 5.41) is 0.768. The number of terminal acetylenes is 1. The lowest BCUT2D eigenvalue weighted by Gasteiger charge is -2.13. The van der Waals surface area contributed by atoms with Crippen molar-refractivity contribution >= 4 is 28.8 Å². The number of fused-ring (bicyclic) bond motifs is 1. The molecule has 0 unspecified atom stereocenters. The van der Waals surface area contributed by atoms with Crippen molar-refractivity contribution in [2.75, 3.05) is 12.9 Å². The second kappa shape index (κ2) is 7.42. The number of esters is 1. The molecule has 0 spiro atoms. The van der Waals surface area contributed by atoms with Crippen LogP contribution >= 0.6 is 11.8 Å². The van der Waals surface area contributed by atoms with Crippen molar-refractivity contribution in [3.8, 4) is 18.0 Å². The highest BCUT2D eigenvalue weighted by molar-refractivity contribution is 7.98. The number of hydrogen-bond acceptors (Lipinski definition) is 6. The topological polar surface area (TPSA) is 74.1 Å². The lowest BCUT2D eigenvalue weighted by molar-refractivity contribution is 0.0524. The Bertz CT molecular complexity index is 1080. The van der Waals surface area contributed by atoms with Crippen LogP contribution in [0.25, 0.3) is 16.7 Å². The van der Waals surface area contributed by atoms with Crippen molar-refractivity contribution in [2.45, 2.75) is 12.1 Å². The smallest absolute Gasteiger partial charge is 0.343 e. The number of aromatic nitrogens is 3. The van der Waals surface area contributed by atoms with Gasteiger partial charge in [-0.3, -0.25) is 4.79 Å². The van der Waals surface area contributed by atoms with E-state index in [9.17, 15) is 9.59 Å². The van der Waals surface area contributed by atoms with Crippen LogP contribution in [0.3, 0.4) is 0 Å². The van der Waals surface area contributed by atoms with Crippen LogP contribution in [0.15, 0.2) is 46.6 Å². The molecule has 2 heterocycles. The van der Waals surface area contributed by atoms with Gasteiger partial charge in [0.25, 0.3) is 0 Å². The normalized spacial score (nSPS) is 10.5. The van der Waals surface area contributed by atoms with Gasteiger partial charge in [-0.1, -0.05) is 17.7 Å². The molecule has 130 valence electrons. The van der Waals surface area contributed by atoms with Crippen molar-refractivity contribution < 1.29 is 9.53 Å². The van der Waals surface area contributed by atoms with Crippen LogP contribution in [-0.2, 0) is 4.74 Å². The van der Waals surface area contributed by atoms with E-state index in [2.05, 4.69) is 15.9 Å². The van der Waals surface area contributed by atoms with Crippen molar-refractivity contribution in [3.05, 3.63) is 58.0 Å². The maximum Gasteiger partial charge on any atom is 0.343 e. The standard InChI is InChI=1S/C19H15N3O3S/c1-4-12-6-8-13(9-7-12)22-11-15(18(24)25-5-2)16(23)14-10-20-19(26-3)21-17(14)22/h1,6-11H,5H2,2-3H3. The molecule has 0 N–H and O–H groups in total. The Labute approximate surface area is 154 Å². The number of rotatable bonds is 4. The van der Waals surface area contributed by atoms with Crippen LogP contribution in [0.1, 0.15) is 22.8 Å². The molecule has 0 fully saturated rings. The number of carbonyl (C=O) groups excluding carboxylic acids is 1. The van der Waals surface area contributed by atoms with Crippen LogP contribution in [0, 0.1) is 12.3 Å². The maximum atomic E-state index is 12.7. The molecule has 3 aromatic rings. The zero-order valence-electron chi connectivity index (χ0n) is 14.2. The van der Waals surface area contributed by atoms with Gasteiger partial charge in [0.05, 0.1) is 12.0 Å². The molecule has 3 rings (SSSR count). The summed E-state index contributed by atoms with van der Waals surface area (Å²) in [7, 11) is 0. The minimum atomic E-state index is -0.678. The van der Waals surface area contributed by atoms with E-state index < -0.39 is 11.4 Å². The third-order valence-electron chi connectivity index (χ3n) is 3.71. The van der Waals surface area contributed by atoms with E-state index in [1.807, 2.05) is 6.26 Å². The molecular formula is C19H15N3O3S. The molecule has 0 aliphatic carbocycles. The molecule has 0 saturated carbocycles. The van der Waals surface area contributed by atoms with Crippen molar-refractivity contribution in [3.63, 3.8) is 0 Å². The first-order valence-corrected chi connectivity index (χ1v) is 9.02. The van der Waals surface area contributed by atoms with Crippen molar-refractivity contribution in [2.24, 2.45) is 0 Å². The van der Waals surface area contributed by atoms with E-state index in [-0.39, 0.29) is 17.6 Å². The number of benzene rings is 1. The number of ether oxygens (including phenoxy) is 1. The number of pyridine rings is 1. The predicted molar refractivity (Wildman–Crippen MR) is 101 cm³/mol. The summed E-state index contributed by atoms with van der Waals surface area (Å²) >= 11 is 1.36. The highest BCUT2D eigenvalue weighted by atomic mass is 32.2. The van der Waals surface area contributed by atoms with Crippen LogP contribution in [0.4, 0.5) is 0 Å². The summed E-state index contributed by atoms with van der Waals surface area (Å²) in [6.45, 7) is 1.86. The van der Waals surface area contributed by atoms with Gasteiger partial charge >= 0.3 is 5.97 Å². The maximum absolute atomic E-state index is 12.7. The van der Waals surface area contributed by atoms with Crippen molar-refractivity contribution in [1.82, 2.24) is 14.5 Å². The highest BCUT2D eigenvalue weighted by Gasteiger charge is 2.18. The van der Waals surface area contributed by atoms with Gasteiger partial charge in [-0.2, -0.15) is 0 Å². The van der Waals surface area contributed by atoms with E-state index in [0.29, 0.717) is 16.5 Å². The minimum Gasteiger partial charge on any atom is -0.462 e. The van der Waals surface area contributed by atoms with Gasteiger partial charge in [0.15, 0.2) is 10.8 Å². The van der Waals surface area contributed by atoms with E-state index in [0.717, 1.165) is 5.56 Å². The Hall–Kier alpha value is -3.11. The Morgan fingerprint density at radius 1 is 1.35 bits per heavy atom. The van der Waals surface area contributed by atoms with E-state index >= 15 is 0 Å². The fourth-order valence-corrected chi connectivity index (χ4v) is 2.80. The summed E-state index contributed by atoms with van der Waals surface area (Å²) in [6.07, 6.45) is 10.1. The average Bonchev–Trinajstić information content (AvgIpc) is 2.68. The number of carbonyl (C=O) groups is 1. The Kier molecular flexibility index (Phi) is 5.05. The zero-order chi connectivity index (χ0) is 18.7. The Morgan fingerprint density at radius 3 is 2.69 bits per heavy atom. The van der Waals surface area contributed by atoms with E-state index in [4.69, 9.17) is 11.2 Å². The second-order valence-electron chi connectivity index (χ2n) is 5.25. The van der Waals surface area contributed by atoms with Crippen LogP contribution < -0.4 is 5.43 Å². The summed E-state index contributed by atoms with van der Waals surface area (Å²) in [6, 6.07) is 7.16. The molecule has 0 aliphatic heterocycles. The molecule has 0 saturated heterocycles. The lowest BCUT2D eigenvalue weighted by Crippen LogP contribution is -2.21. The fourth-order valence-electron chi connectivity index (χ4n) is 2.46. The Morgan fingerprint density at radius 2 is 2.08 bits per heavy atom. The molecule has 0 radical (unpaired) electrons. The van der Waals surface area contributed by atoms with Gasteiger partial charge in [0.1, 0.15) is 5.56 Å². The second-order valence-corrected chi connectivity index (χ2v) is 6.02. The number of hydrogen-bond donors (Lipinski definition) is 0. The molecule has 0 aliphatic rings. The minimum absolute atomic E-state index is 0.0686. The Balaban J connectivity index is 2.33. The van der Waals surface area contributed by atoms with Crippen LogP contribution in [-0.4, -0.2) is 33.4 Å². The van der Waals surface area contributed by atoms with Gasteiger partial charge in [-0.25, -0.2) is 14.8 Å². The van der Waals surface area contributed by atoms with E-state index in [1.54, 1.807) is 35.8 Å². The first-order chi connectivity index (χ1) is 12.6. The summed E-state index contributed by atoms with van der Waals surface area (Å²) in [5.74, 6) is 1.88. The monoisotopic (exact) mass is 365 g/mol. The first kappa shape index (κ1) is 17.7. The zero-order valence-corrected chi connectivity index (χ0v) is 15.0. The average molecular weight is 365 g/mol. The van der Waals surface area contributed by atoms with Gasteiger partial charge in [0.2, 0.25) is 5.43 Å². The van der Waals surface area contributed by atoms with Gasteiger partial charge < -0.3 is 9.30 Å². The fraction of sp³-hybridized carbons (Fsp3) is 0.158.